The first kappa shape index (κ1) is 17.3. The Morgan fingerprint density at radius 3 is 2.62 bits per heavy atom. The minimum Gasteiger partial charge on any atom is -0.496 e. The van der Waals surface area contributed by atoms with E-state index in [1.807, 2.05) is 30.3 Å². The molecule has 2 rings (SSSR count). The summed E-state index contributed by atoms with van der Waals surface area (Å²) in [5, 5.41) is 13.5. The molecule has 0 aliphatic rings. The van der Waals surface area contributed by atoms with Gasteiger partial charge in [0.05, 0.1) is 24.2 Å². The van der Waals surface area contributed by atoms with Crippen LogP contribution in [-0.2, 0) is 0 Å². The Kier molecular flexibility index (Phi) is 6.13. The van der Waals surface area contributed by atoms with E-state index in [0.29, 0.717) is 25.3 Å². The SMILES string of the molecule is COc1ccc([N+](=O)[O-])cc1C(=O)NCCCOc1ccccc1. The number of ether oxygens (including phenoxy) is 2. The summed E-state index contributed by atoms with van der Waals surface area (Å²) in [6.07, 6.45) is 0.609. The quantitative estimate of drug-likeness (QED) is 0.456. The molecule has 7 nitrogen and oxygen atoms in total. The highest BCUT2D eigenvalue weighted by molar-refractivity contribution is 5.97. The highest BCUT2D eigenvalue weighted by Gasteiger charge is 2.17. The number of benzene rings is 2. The number of para-hydroxylation sites is 1. The van der Waals surface area contributed by atoms with Gasteiger partial charge in [-0.25, -0.2) is 0 Å². The van der Waals surface area contributed by atoms with Gasteiger partial charge in [-0.2, -0.15) is 0 Å². The van der Waals surface area contributed by atoms with Crippen LogP contribution in [0.4, 0.5) is 5.69 Å². The Hall–Kier alpha value is -3.09. The van der Waals surface area contributed by atoms with E-state index in [1.165, 1.54) is 25.3 Å². The van der Waals surface area contributed by atoms with Crippen LogP contribution in [0.5, 0.6) is 11.5 Å². The van der Waals surface area contributed by atoms with Gasteiger partial charge in [-0.3, -0.25) is 14.9 Å². The molecule has 24 heavy (non-hydrogen) atoms. The van der Waals surface area contributed by atoms with Crippen LogP contribution in [0.2, 0.25) is 0 Å². The number of non-ortho nitro benzene ring substituents is 1. The Morgan fingerprint density at radius 1 is 1.21 bits per heavy atom. The molecule has 0 radical (unpaired) electrons. The first-order valence-electron chi connectivity index (χ1n) is 7.40. The van der Waals surface area contributed by atoms with Gasteiger partial charge in [0, 0.05) is 18.7 Å². The molecule has 0 aromatic heterocycles. The van der Waals surface area contributed by atoms with Gasteiger partial charge in [-0.1, -0.05) is 18.2 Å². The number of amides is 1. The normalized spacial score (nSPS) is 10.0. The van der Waals surface area contributed by atoms with Crippen LogP contribution < -0.4 is 14.8 Å². The number of nitrogens with zero attached hydrogens (tertiary/aromatic N) is 1. The van der Waals surface area contributed by atoms with E-state index in [0.717, 1.165) is 5.75 Å². The molecule has 1 amide bonds. The number of nitro benzene ring substituents is 1. The highest BCUT2D eigenvalue weighted by atomic mass is 16.6. The maximum atomic E-state index is 12.2. The molecule has 0 saturated carbocycles. The molecule has 0 atom stereocenters. The predicted octanol–water partition coefficient (Wildman–Crippen LogP) is 2.80. The minimum absolute atomic E-state index is 0.135. The molecule has 2 aromatic rings. The number of nitro groups is 1. The van der Waals surface area contributed by atoms with Gasteiger partial charge in [0.2, 0.25) is 0 Å². The van der Waals surface area contributed by atoms with Crippen molar-refractivity contribution in [3.8, 4) is 11.5 Å². The number of rotatable bonds is 8. The third-order valence-corrected chi connectivity index (χ3v) is 3.26. The lowest BCUT2D eigenvalue weighted by Gasteiger charge is -2.10. The topological polar surface area (TPSA) is 90.7 Å². The number of methoxy groups -OCH3 is 1. The van der Waals surface area contributed by atoms with Crippen molar-refractivity contribution in [2.24, 2.45) is 0 Å². The molecule has 126 valence electrons. The van der Waals surface area contributed by atoms with E-state index in [9.17, 15) is 14.9 Å². The number of hydrogen-bond acceptors (Lipinski definition) is 5. The molecule has 2 aromatic carbocycles. The molecule has 0 saturated heterocycles. The number of nitrogens with one attached hydrogen (secondary N) is 1. The Labute approximate surface area is 139 Å². The van der Waals surface area contributed by atoms with Gasteiger partial charge >= 0.3 is 0 Å². The van der Waals surface area contributed by atoms with E-state index in [1.54, 1.807) is 0 Å². The lowest BCUT2D eigenvalue weighted by atomic mass is 10.1. The summed E-state index contributed by atoms with van der Waals surface area (Å²) < 4.78 is 10.6. The third kappa shape index (κ3) is 4.70. The molecule has 1 N–H and O–H groups in total. The first-order chi connectivity index (χ1) is 11.6. The van der Waals surface area contributed by atoms with Crippen LogP contribution in [0.3, 0.4) is 0 Å². The number of carbonyl (C=O) groups is 1. The number of hydrogen-bond donors (Lipinski definition) is 1. The average Bonchev–Trinajstić information content (AvgIpc) is 2.61. The van der Waals surface area contributed by atoms with Crippen LogP contribution in [0, 0.1) is 10.1 Å². The maximum Gasteiger partial charge on any atom is 0.270 e. The van der Waals surface area contributed by atoms with Crippen LogP contribution >= 0.6 is 0 Å². The van der Waals surface area contributed by atoms with Crippen molar-refractivity contribution in [1.29, 1.82) is 0 Å². The summed E-state index contributed by atoms with van der Waals surface area (Å²) in [5.41, 5.74) is -0.0240. The fourth-order valence-electron chi connectivity index (χ4n) is 2.06. The van der Waals surface area contributed by atoms with Gasteiger partial charge < -0.3 is 14.8 Å². The second kappa shape index (κ2) is 8.52. The van der Waals surface area contributed by atoms with Gasteiger partial charge in [0.15, 0.2) is 0 Å². The predicted molar refractivity (Wildman–Crippen MR) is 88.5 cm³/mol. The second-order valence-electron chi connectivity index (χ2n) is 4.91. The van der Waals surface area contributed by atoms with Crippen molar-refractivity contribution in [3.63, 3.8) is 0 Å². The molecule has 0 bridgehead atoms. The minimum atomic E-state index is -0.552. The second-order valence-corrected chi connectivity index (χ2v) is 4.91. The standard InChI is InChI=1S/C17H18N2O5/c1-23-16-9-8-13(19(21)22)12-15(16)17(20)18-10-5-11-24-14-6-3-2-4-7-14/h2-4,6-9,12H,5,10-11H2,1H3,(H,18,20). The van der Waals surface area contributed by atoms with Gasteiger partial charge in [-0.05, 0) is 24.6 Å². The zero-order chi connectivity index (χ0) is 17.4. The van der Waals surface area contributed by atoms with Crippen molar-refractivity contribution in [3.05, 3.63) is 64.2 Å². The van der Waals surface area contributed by atoms with Crippen molar-refractivity contribution >= 4 is 11.6 Å². The zero-order valence-electron chi connectivity index (χ0n) is 13.2. The molecule has 0 spiro atoms. The molecule has 0 aliphatic heterocycles. The third-order valence-electron chi connectivity index (χ3n) is 3.26. The molecule has 0 unspecified atom stereocenters. The monoisotopic (exact) mass is 330 g/mol. The molecule has 7 heteroatoms. The summed E-state index contributed by atoms with van der Waals surface area (Å²) >= 11 is 0. The fraction of sp³-hybridized carbons (Fsp3) is 0.235. The van der Waals surface area contributed by atoms with E-state index in [4.69, 9.17) is 9.47 Å². The van der Waals surface area contributed by atoms with Gasteiger partial charge in [0.25, 0.3) is 11.6 Å². The highest BCUT2D eigenvalue weighted by Crippen LogP contribution is 2.23. The Morgan fingerprint density at radius 2 is 1.96 bits per heavy atom. The van der Waals surface area contributed by atoms with Gasteiger partial charge in [-0.15, -0.1) is 0 Å². The lowest BCUT2D eigenvalue weighted by molar-refractivity contribution is -0.384. The first-order valence-corrected chi connectivity index (χ1v) is 7.40. The zero-order valence-corrected chi connectivity index (χ0v) is 13.2. The molecule has 0 heterocycles. The molecular formula is C17H18N2O5. The summed E-state index contributed by atoms with van der Waals surface area (Å²) in [4.78, 5) is 22.5. The lowest BCUT2D eigenvalue weighted by Crippen LogP contribution is -2.26. The van der Waals surface area contributed by atoms with Crippen LogP contribution in [0.25, 0.3) is 0 Å². The molecule has 0 fully saturated rings. The van der Waals surface area contributed by atoms with Crippen LogP contribution in [0.1, 0.15) is 16.8 Å². The Bertz CT molecular complexity index is 703. The largest absolute Gasteiger partial charge is 0.496 e. The smallest absolute Gasteiger partial charge is 0.270 e. The summed E-state index contributed by atoms with van der Waals surface area (Å²) in [6, 6.07) is 13.3. The van der Waals surface area contributed by atoms with Crippen molar-refractivity contribution in [2.75, 3.05) is 20.3 Å². The van der Waals surface area contributed by atoms with Crippen LogP contribution in [0.15, 0.2) is 48.5 Å². The Balaban J connectivity index is 1.85. The van der Waals surface area contributed by atoms with E-state index in [-0.39, 0.29) is 11.3 Å². The summed E-state index contributed by atoms with van der Waals surface area (Å²) in [7, 11) is 1.41. The summed E-state index contributed by atoms with van der Waals surface area (Å²) in [6.45, 7) is 0.841. The molecular weight excluding hydrogens is 312 g/mol. The van der Waals surface area contributed by atoms with Gasteiger partial charge in [0.1, 0.15) is 11.5 Å². The van der Waals surface area contributed by atoms with E-state index >= 15 is 0 Å². The van der Waals surface area contributed by atoms with E-state index in [2.05, 4.69) is 5.32 Å². The average molecular weight is 330 g/mol. The van der Waals surface area contributed by atoms with Crippen molar-refractivity contribution < 1.29 is 19.2 Å². The van der Waals surface area contributed by atoms with Crippen molar-refractivity contribution in [1.82, 2.24) is 5.32 Å². The van der Waals surface area contributed by atoms with E-state index < -0.39 is 10.8 Å². The van der Waals surface area contributed by atoms with Crippen molar-refractivity contribution in [2.45, 2.75) is 6.42 Å². The molecule has 0 aliphatic carbocycles. The fourth-order valence-corrected chi connectivity index (χ4v) is 2.06. The number of carbonyl (C=O) groups excluding carboxylic acids is 1. The summed E-state index contributed by atoms with van der Waals surface area (Å²) in [5.74, 6) is 0.637. The van der Waals surface area contributed by atoms with Crippen LogP contribution in [-0.4, -0.2) is 31.1 Å². The maximum absolute atomic E-state index is 12.2.